The lowest BCUT2D eigenvalue weighted by Crippen LogP contribution is -2.18. The number of likely N-dealkylation sites (N-methyl/N-ethyl adjacent to an activating group) is 1. The standard InChI is InChI=1S/C28H32N10/c1-35(2)10-11-38-18-23(16-31-38)32-28-29-14-21-8-9-24-26(27(21)33-28)25(37(4)34-24)13-19-6-5-7-20(12-19)22-15-30-36(3)17-22/h5-7,12,14-18H,8-11,13H2,1-4H3,(H,29,32,33). The summed E-state index contributed by atoms with van der Waals surface area (Å²) in [6.45, 7) is 1.75. The lowest BCUT2D eigenvalue weighted by atomic mass is 9.91. The molecule has 1 N–H and O–H groups in total. The zero-order valence-corrected chi connectivity index (χ0v) is 22.3. The summed E-state index contributed by atoms with van der Waals surface area (Å²) in [5.41, 5.74) is 9.88. The Kier molecular flexibility index (Phi) is 6.24. The molecule has 4 heterocycles. The molecule has 4 aromatic heterocycles. The summed E-state index contributed by atoms with van der Waals surface area (Å²) in [5, 5.41) is 17.0. The maximum Gasteiger partial charge on any atom is 0.227 e. The van der Waals surface area contributed by atoms with E-state index >= 15 is 0 Å². The lowest BCUT2D eigenvalue weighted by molar-refractivity contribution is 0.373. The fourth-order valence-corrected chi connectivity index (χ4v) is 5.00. The van der Waals surface area contributed by atoms with Crippen molar-refractivity contribution >= 4 is 11.6 Å². The predicted molar refractivity (Wildman–Crippen MR) is 147 cm³/mol. The van der Waals surface area contributed by atoms with Gasteiger partial charge in [0.1, 0.15) is 0 Å². The van der Waals surface area contributed by atoms with Crippen LogP contribution < -0.4 is 5.32 Å². The van der Waals surface area contributed by atoms with Gasteiger partial charge in [-0.15, -0.1) is 0 Å². The van der Waals surface area contributed by atoms with Crippen molar-refractivity contribution in [2.75, 3.05) is 26.0 Å². The van der Waals surface area contributed by atoms with Gasteiger partial charge >= 0.3 is 0 Å². The fraction of sp³-hybridized carbons (Fsp3) is 0.321. The molecule has 0 fully saturated rings. The zero-order valence-electron chi connectivity index (χ0n) is 22.3. The van der Waals surface area contributed by atoms with E-state index in [9.17, 15) is 0 Å². The maximum atomic E-state index is 4.99. The molecule has 0 radical (unpaired) electrons. The minimum absolute atomic E-state index is 0.567. The molecule has 0 unspecified atom stereocenters. The summed E-state index contributed by atoms with van der Waals surface area (Å²) >= 11 is 0. The Morgan fingerprint density at radius 3 is 2.71 bits per heavy atom. The molecular formula is C28H32N10. The third kappa shape index (κ3) is 4.82. The molecule has 0 amide bonds. The Labute approximate surface area is 222 Å². The Morgan fingerprint density at radius 1 is 1.00 bits per heavy atom. The Balaban J connectivity index is 1.29. The number of aryl methyl sites for hydroxylation is 4. The number of nitrogens with one attached hydrogen (secondary N) is 1. The van der Waals surface area contributed by atoms with Gasteiger partial charge in [-0.3, -0.25) is 14.0 Å². The average Bonchev–Trinajstić information content (AvgIpc) is 3.62. The van der Waals surface area contributed by atoms with Crippen LogP contribution in [0, 0.1) is 0 Å². The number of anilines is 2. The molecule has 0 saturated carbocycles. The molecule has 0 aliphatic heterocycles. The molecule has 38 heavy (non-hydrogen) atoms. The van der Waals surface area contributed by atoms with E-state index in [2.05, 4.69) is 63.8 Å². The first-order valence-corrected chi connectivity index (χ1v) is 12.9. The molecule has 1 aliphatic carbocycles. The first-order valence-electron chi connectivity index (χ1n) is 12.9. The first kappa shape index (κ1) is 24.1. The van der Waals surface area contributed by atoms with Crippen LogP contribution in [0.3, 0.4) is 0 Å². The van der Waals surface area contributed by atoms with Crippen LogP contribution in [0.25, 0.3) is 22.4 Å². The predicted octanol–water partition coefficient (Wildman–Crippen LogP) is 3.47. The van der Waals surface area contributed by atoms with E-state index in [4.69, 9.17) is 10.1 Å². The van der Waals surface area contributed by atoms with Crippen LogP contribution in [0.4, 0.5) is 11.6 Å². The lowest BCUT2D eigenvalue weighted by Gasteiger charge is -2.17. The van der Waals surface area contributed by atoms with Gasteiger partial charge in [-0.05, 0) is 43.6 Å². The van der Waals surface area contributed by atoms with E-state index in [1.807, 2.05) is 59.1 Å². The zero-order chi connectivity index (χ0) is 26.2. The van der Waals surface area contributed by atoms with Gasteiger partial charge < -0.3 is 10.2 Å². The van der Waals surface area contributed by atoms with Crippen LogP contribution >= 0.6 is 0 Å². The summed E-state index contributed by atoms with van der Waals surface area (Å²) < 4.78 is 5.77. The third-order valence-electron chi connectivity index (χ3n) is 6.97. The number of nitrogens with zero attached hydrogens (tertiary/aromatic N) is 9. The Morgan fingerprint density at radius 2 is 1.89 bits per heavy atom. The van der Waals surface area contributed by atoms with Crippen LogP contribution in [0.1, 0.15) is 22.5 Å². The number of hydrogen-bond donors (Lipinski definition) is 1. The molecule has 10 nitrogen and oxygen atoms in total. The number of rotatable bonds is 8. The average molecular weight is 509 g/mol. The summed E-state index contributed by atoms with van der Waals surface area (Å²) in [6, 6.07) is 8.64. The number of benzene rings is 1. The van der Waals surface area contributed by atoms with Crippen molar-refractivity contribution < 1.29 is 0 Å². The normalized spacial score (nSPS) is 12.6. The molecule has 0 saturated heterocycles. The van der Waals surface area contributed by atoms with Gasteiger partial charge in [0.15, 0.2) is 0 Å². The number of aromatic nitrogens is 8. The van der Waals surface area contributed by atoms with Crippen molar-refractivity contribution in [1.82, 2.24) is 44.2 Å². The van der Waals surface area contributed by atoms with E-state index < -0.39 is 0 Å². The van der Waals surface area contributed by atoms with Crippen molar-refractivity contribution in [2.24, 2.45) is 14.1 Å². The summed E-state index contributed by atoms with van der Waals surface area (Å²) in [7, 11) is 8.08. The highest BCUT2D eigenvalue weighted by molar-refractivity contribution is 5.73. The Hall–Kier alpha value is -4.31. The summed E-state index contributed by atoms with van der Waals surface area (Å²) in [4.78, 5) is 11.7. The van der Waals surface area contributed by atoms with Crippen molar-refractivity contribution in [3.63, 3.8) is 0 Å². The van der Waals surface area contributed by atoms with Gasteiger partial charge in [0, 0.05) is 56.8 Å². The molecule has 0 spiro atoms. The van der Waals surface area contributed by atoms with Crippen molar-refractivity contribution in [3.05, 3.63) is 77.8 Å². The van der Waals surface area contributed by atoms with Crippen LogP contribution in [-0.2, 0) is 39.9 Å². The molecule has 1 aliphatic rings. The minimum atomic E-state index is 0.567. The van der Waals surface area contributed by atoms with Gasteiger partial charge in [0.05, 0.1) is 41.7 Å². The van der Waals surface area contributed by atoms with Crippen LogP contribution in [0.15, 0.2) is 55.2 Å². The highest BCUT2D eigenvalue weighted by atomic mass is 15.3. The topological polar surface area (TPSA) is 94.5 Å². The molecule has 194 valence electrons. The molecule has 0 atom stereocenters. The van der Waals surface area contributed by atoms with E-state index in [0.29, 0.717) is 5.95 Å². The maximum absolute atomic E-state index is 4.99. The Bertz CT molecular complexity index is 1590. The highest BCUT2D eigenvalue weighted by Gasteiger charge is 2.26. The van der Waals surface area contributed by atoms with Crippen molar-refractivity contribution in [2.45, 2.75) is 25.8 Å². The molecule has 0 bridgehead atoms. The second-order valence-corrected chi connectivity index (χ2v) is 10.2. The molecule has 1 aromatic carbocycles. The second kappa shape index (κ2) is 9.86. The van der Waals surface area contributed by atoms with Crippen LogP contribution in [0.2, 0.25) is 0 Å². The van der Waals surface area contributed by atoms with Gasteiger partial charge in [0.25, 0.3) is 0 Å². The number of fused-ring (bicyclic) bond motifs is 3. The second-order valence-electron chi connectivity index (χ2n) is 10.2. The monoisotopic (exact) mass is 508 g/mol. The van der Waals surface area contributed by atoms with Crippen LogP contribution in [0.5, 0.6) is 0 Å². The quantitative estimate of drug-likeness (QED) is 0.343. The first-order chi connectivity index (χ1) is 18.4. The van der Waals surface area contributed by atoms with Gasteiger partial charge in [-0.1, -0.05) is 24.3 Å². The van der Waals surface area contributed by atoms with E-state index in [-0.39, 0.29) is 0 Å². The third-order valence-corrected chi connectivity index (χ3v) is 6.97. The largest absolute Gasteiger partial charge is 0.321 e. The fourth-order valence-electron chi connectivity index (χ4n) is 5.00. The summed E-state index contributed by atoms with van der Waals surface area (Å²) in [5.74, 6) is 0.567. The van der Waals surface area contributed by atoms with Gasteiger partial charge in [0.2, 0.25) is 5.95 Å². The van der Waals surface area contributed by atoms with Gasteiger partial charge in [-0.2, -0.15) is 15.3 Å². The van der Waals surface area contributed by atoms with Crippen LogP contribution in [-0.4, -0.2) is 64.8 Å². The van der Waals surface area contributed by atoms with Gasteiger partial charge in [-0.25, -0.2) is 9.97 Å². The highest BCUT2D eigenvalue weighted by Crippen LogP contribution is 2.36. The molecule has 5 aromatic rings. The van der Waals surface area contributed by atoms with Crippen molar-refractivity contribution in [3.8, 4) is 22.4 Å². The van der Waals surface area contributed by atoms with Crippen molar-refractivity contribution in [1.29, 1.82) is 0 Å². The molecule has 6 rings (SSSR count). The SMILES string of the molecule is CN(C)CCn1cc(Nc2ncc3c(n2)-c2c(nn(C)c2Cc2cccc(-c4cnn(C)c4)c2)CC3)cn1. The molecule has 10 heteroatoms. The summed E-state index contributed by atoms with van der Waals surface area (Å²) in [6.07, 6.45) is 12.2. The smallest absolute Gasteiger partial charge is 0.227 e. The van der Waals surface area contributed by atoms with E-state index in [1.165, 1.54) is 5.56 Å². The van der Waals surface area contributed by atoms with E-state index in [1.54, 1.807) is 0 Å². The number of hydrogen-bond acceptors (Lipinski definition) is 7. The van der Waals surface area contributed by atoms with E-state index in [0.717, 1.165) is 77.4 Å². The molecular weight excluding hydrogens is 476 g/mol. The minimum Gasteiger partial charge on any atom is -0.321 e.